The number of fused-ring (bicyclic) bond motifs is 1. The monoisotopic (exact) mass is 365 g/mol. The van der Waals surface area contributed by atoms with E-state index in [0.717, 1.165) is 5.56 Å². The number of rotatable bonds is 4. The molecule has 1 aliphatic heterocycles. The van der Waals surface area contributed by atoms with Crippen LogP contribution < -0.4 is 20.1 Å². The van der Waals surface area contributed by atoms with Gasteiger partial charge in [-0.3, -0.25) is 10.1 Å². The molecular formula is C15H12ClN3O4S. The van der Waals surface area contributed by atoms with Crippen LogP contribution >= 0.6 is 23.8 Å². The number of thiocarbonyl (C=S) groups is 1. The van der Waals surface area contributed by atoms with Gasteiger partial charge in [0.05, 0.1) is 4.92 Å². The summed E-state index contributed by atoms with van der Waals surface area (Å²) in [6, 6.07) is 9.99. The van der Waals surface area contributed by atoms with Crippen LogP contribution in [0.5, 0.6) is 11.5 Å². The van der Waals surface area contributed by atoms with Crippen LogP contribution in [0.2, 0.25) is 5.02 Å². The zero-order valence-corrected chi connectivity index (χ0v) is 13.8. The van der Waals surface area contributed by atoms with Crippen LogP contribution in [0.25, 0.3) is 0 Å². The van der Waals surface area contributed by atoms with Gasteiger partial charge in [-0.1, -0.05) is 17.7 Å². The Hall–Kier alpha value is -2.58. The molecule has 24 heavy (non-hydrogen) atoms. The molecule has 3 rings (SSSR count). The van der Waals surface area contributed by atoms with Crippen molar-refractivity contribution in [3.05, 3.63) is 57.1 Å². The standard InChI is InChI=1S/C15H12ClN3O4S/c16-11-3-2-10(6-12(11)19(20)21)18-15(24)17-7-9-1-4-13-14(5-9)23-8-22-13/h1-6H,7-8H2,(H2,17,18,24). The highest BCUT2D eigenvalue weighted by Crippen LogP contribution is 2.32. The molecule has 9 heteroatoms. The van der Waals surface area contributed by atoms with Gasteiger partial charge in [0.15, 0.2) is 16.6 Å². The molecule has 0 amide bonds. The maximum absolute atomic E-state index is 10.9. The van der Waals surface area contributed by atoms with E-state index in [9.17, 15) is 10.1 Å². The van der Waals surface area contributed by atoms with Crippen molar-refractivity contribution < 1.29 is 14.4 Å². The van der Waals surface area contributed by atoms with Crippen LogP contribution in [0.15, 0.2) is 36.4 Å². The smallest absolute Gasteiger partial charge is 0.289 e. The number of nitro benzene ring substituents is 1. The third-order valence-corrected chi connectivity index (χ3v) is 3.86. The maximum atomic E-state index is 10.9. The maximum Gasteiger partial charge on any atom is 0.289 e. The molecule has 1 heterocycles. The second-order valence-electron chi connectivity index (χ2n) is 4.92. The predicted octanol–water partition coefficient (Wildman–Crippen LogP) is 3.46. The van der Waals surface area contributed by atoms with E-state index >= 15 is 0 Å². The van der Waals surface area contributed by atoms with Gasteiger partial charge < -0.3 is 20.1 Å². The number of nitrogens with zero attached hydrogens (tertiary/aromatic N) is 1. The van der Waals surface area contributed by atoms with Crippen molar-refractivity contribution in [1.29, 1.82) is 0 Å². The van der Waals surface area contributed by atoms with Crippen molar-refractivity contribution in [2.24, 2.45) is 0 Å². The average Bonchev–Trinajstić information content (AvgIpc) is 3.02. The van der Waals surface area contributed by atoms with Gasteiger partial charge in [0.2, 0.25) is 6.79 Å². The second-order valence-corrected chi connectivity index (χ2v) is 5.73. The van der Waals surface area contributed by atoms with E-state index in [2.05, 4.69) is 10.6 Å². The number of nitrogens with one attached hydrogen (secondary N) is 2. The van der Waals surface area contributed by atoms with E-state index in [-0.39, 0.29) is 17.5 Å². The summed E-state index contributed by atoms with van der Waals surface area (Å²) in [5, 5.41) is 17.2. The first-order valence-electron chi connectivity index (χ1n) is 6.90. The Morgan fingerprint density at radius 3 is 2.83 bits per heavy atom. The first-order valence-corrected chi connectivity index (χ1v) is 7.69. The number of ether oxygens (including phenoxy) is 2. The molecule has 1 aliphatic rings. The van der Waals surface area contributed by atoms with E-state index in [1.54, 1.807) is 6.07 Å². The minimum Gasteiger partial charge on any atom is -0.454 e. The van der Waals surface area contributed by atoms with E-state index in [0.29, 0.717) is 28.8 Å². The fraction of sp³-hybridized carbons (Fsp3) is 0.133. The summed E-state index contributed by atoms with van der Waals surface area (Å²) in [5.41, 5.74) is 1.26. The van der Waals surface area contributed by atoms with Crippen molar-refractivity contribution in [1.82, 2.24) is 5.32 Å². The van der Waals surface area contributed by atoms with Gasteiger partial charge >= 0.3 is 0 Å². The number of nitro groups is 1. The molecule has 0 unspecified atom stereocenters. The van der Waals surface area contributed by atoms with Crippen molar-refractivity contribution in [3.8, 4) is 11.5 Å². The molecule has 2 aromatic rings. The van der Waals surface area contributed by atoms with Gasteiger partial charge in [0.25, 0.3) is 5.69 Å². The number of hydrogen-bond acceptors (Lipinski definition) is 5. The molecule has 0 fully saturated rings. The van der Waals surface area contributed by atoms with E-state index in [1.807, 2.05) is 18.2 Å². The van der Waals surface area contributed by atoms with Gasteiger partial charge in [0.1, 0.15) is 5.02 Å². The molecule has 0 atom stereocenters. The average molecular weight is 366 g/mol. The van der Waals surface area contributed by atoms with Crippen molar-refractivity contribution in [2.75, 3.05) is 12.1 Å². The lowest BCUT2D eigenvalue weighted by Crippen LogP contribution is -2.27. The molecular weight excluding hydrogens is 354 g/mol. The molecule has 0 aliphatic carbocycles. The first kappa shape index (κ1) is 16.3. The Kier molecular flexibility index (Phi) is 4.68. The lowest BCUT2D eigenvalue weighted by molar-refractivity contribution is -0.384. The minimum absolute atomic E-state index is 0.0739. The van der Waals surface area contributed by atoms with Gasteiger partial charge in [-0.2, -0.15) is 0 Å². The first-order chi connectivity index (χ1) is 11.5. The molecule has 0 spiro atoms. The Labute approximate surface area is 147 Å². The summed E-state index contributed by atoms with van der Waals surface area (Å²) < 4.78 is 10.6. The highest BCUT2D eigenvalue weighted by molar-refractivity contribution is 7.80. The molecule has 0 bridgehead atoms. The Morgan fingerprint density at radius 1 is 1.25 bits per heavy atom. The Balaban J connectivity index is 1.60. The zero-order chi connectivity index (χ0) is 17.1. The van der Waals surface area contributed by atoms with Gasteiger partial charge in [-0.15, -0.1) is 0 Å². The summed E-state index contributed by atoms with van der Waals surface area (Å²) in [6.07, 6.45) is 0. The van der Waals surface area contributed by atoms with Crippen LogP contribution in [0, 0.1) is 10.1 Å². The molecule has 7 nitrogen and oxygen atoms in total. The molecule has 0 aromatic heterocycles. The molecule has 2 N–H and O–H groups in total. The molecule has 0 radical (unpaired) electrons. The van der Waals surface area contributed by atoms with Gasteiger partial charge in [-0.25, -0.2) is 0 Å². The fourth-order valence-corrected chi connectivity index (χ4v) is 2.52. The molecule has 124 valence electrons. The fourth-order valence-electron chi connectivity index (χ4n) is 2.14. The second kappa shape index (κ2) is 6.90. The van der Waals surface area contributed by atoms with E-state index in [1.165, 1.54) is 12.1 Å². The molecule has 0 saturated carbocycles. The third-order valence-electron chi connectivity index (χ3n) is 3.29. The predicted molar refractivity (Wildman–Crippen MR) is 93.7 cm³/mol. The number of halogens is 1. The zero-order valence-electron chi connectivity index (χ0n) is 12.2. The van der Waals surface area contributed by atoms with Crippen LogP contribution in [-0.2, 0) is 6.54 Å². The summed E-state index contributed by atoms with van der Waals surface area (Å²) in [7, 11) is 0. The highest BCUT2D eigenvalue weighted by Gasteiger charge is 2.14. The largest absolute Gasteiger partial charge is 0.454 e. The minimum atomic E-state index is -0.545. The van der Waals surface area contributed by atoms with Crippen molar-refractivity contribution >= 4 is 40.3 Å². The Morgan fingerprint density at radius 2 is 2.04 bits per heavy atom. The number of anilines is 1. The SMILES string of the molecule is O=[N+]([O-])c1cc(NC(=S)NCc2ccc3c(c2)OCO3)ccc1Cl. The van der Waals surface area contributed by atoms with E-state index < -0.39 is 4.92 Å². The highest BCUT2D eigenvalue weighted by atomic mass is 35.5. The Bertz CT molecular complexity index is 815. The molecule has 2 aromatic carbocycles. The van der Waals surface area contributed by atoms with Crippen LogP contribution in [0.4, 0.5) is 11.4 Å². The van der Waals surface area contributed by atoms with Crippen LogP contribution in [-0.4, -0.2) is 16.8 Å². The van der Waals surface area contributed by atoms with Crippen LogP contribution in [0.1, 0.15) is 5.56 Å². The normalized spacial score (nSPS) is 11.9. The number of benzene rings is 2. The summed E-state index contributed by atoms with van der Waals surface area (Å²) in [5.74, 6) is 1.41. The summed E-state index contributed by atoms with van der Waals surface area (Å²) >= 11 is 11.0. The lowest BCUT2D eigenvalue weighted by Gasteiger charge is -2.11. The van der Waals surface area contributed by atoms with Gasteiger partial charge in [0, 0.05) is 18.3 Å². The summed E-state index contributed by atoms with van der Waals surface area (Å²) in [4.78, 5) is 10.3. The third kappa shape index (κ3) is 3.66. The van der Waals surface area contributed by atoms with E-state index in [4.69, 9.17) is 33.3 Å². The summed E-state index contributed by atoms with van der Waals surface area (Å²) in [6.45, 7) is 0.694. The number of hydrogen-bond donors (Lipinski definition) is 2. The lowest BCUT2D eigenvalue weighted by atomic mass is 10.2. The quantitative estimate of drug-likeness (QED) is 0.487. The van der Waals surface area contributed by atoms with Crippen molar-refractivity contribution in [3.63, 3.8) is 0 Å². The van der Waals surface area contributed by atoms with Gasteiger partial charge in [-0.05, 0) is 42.0 Å². The molecule has 0 saturated heterocycles. The van der Waals surface area contributed by atoms with Crippen molar-refractivity contribution in [2.45, 2.75) is 6.54 Å². The van der Waals surface area contributed by atoms with Crippen LogP contribution in [0.3, 0.4) is 0 Å². The topological polar surface area (TPSA) is 85.7 Å².